The molecule has 0 radical (unpaired) electrons. The van der Waals surface area contributed by atoms with Gasteiger partial charge >= 0.3 is 11.9 Å². The zero-order valence-electron chi connectivity index (χ0n) is 11.7. The summed E-state index contributed by atoms with van der Waals surface area (Å²) >= 11 is 0. The van der Waals surface area contributed by atoms with E-state index in [0.717, 1.165) is 18.2 Å². The Balaban J connectivity index is 2.13. The maximum Gasteiger partial charge on any atom is 0.345 e. The lowest BCUT2D eigenvalue weighted by atomic mass is 10.1. The highest BCUT2D eigenvalue weighted by atomic mass is 19.1. The molecule has 6 nitrogen and oxygen atoms in total. The molecule has 2 rings (SSSR count). The van der Waals surface area contributed by atoms with Gasteiger partial charge in [0.25, 0.3) is 0 Å². The highest BCUT2D eigenvalue weighted by Gasteiger charge is 2.23. The number of aliphatic hydroxyl groups is 2. The first-order chi connectivity index (χ1) is 10.9. The first-order valence-corrected chi connectivity index (χ1v) is 6.55. The second kappa shape index (κ2) is 6.99. The van der Waals surface area contributed by atoms with Crippen molar-refractivity contribution >= 4 is 11.9 Å². The van der Waals surface area contributed by atoms with Gasteiger partial charge in [-0.05, 0) is 17.7 Å². The molecule has 0 aliphatic carbocycles. The maximum atomic E-state index is 13.8. The zero-order valence-corrected chi connectivity index (χ0v) is 11.7. The van der Waals surface area contributed by atoms with Gasteiger partial charge in [0.2, 0.25) is 0 Å². The van der Waals surface area contributed by atoms with Crippen LogP contribution in [0.4, 0.5) is 4.39 Å². The number of esters is 1. The SMILES string of the molecule is O=C(Oc1ccc(C(O)C(=O)O)c(F)c1)C(O)c1ccccc1. The summed E-state index contributed by atoms with van der Waals surface area (Å²) in [6, 6.07) is 10.9. The Morgan fingerprint density at radius 1 is 1.00 bits per heavy atom. The van der Waals surface area contributed by atoms with E-state index < -0.39 is 35.5 Å². The summed E-state index contributed by atoms with van der Waals surface area (Å²) in [7, 11) is 0. The lowest BCUT2D eigenvalue weighted by molar-refractivity contribution is -0.147. The van der Waals surface area contributed by atoms with E-state index in [1.807, 2.05) is 0 Å². The number of carbonyl (C=O) groups is 2. The third-order valence-corrected chi connectivity index (χ3v) is 3.06. The molecular formula is C16H13FO6. The Labute approximate surface area is 130 Å². The van der Waals surface area contributed by atoms with Crippen LogP contribution in [0.1, 0.15) is 23.3 Å². The number of aliphatic hydroxyl groups excluding tert-OH is 2. The molecule has 0 heterocycles. The van der Waals surface area contributed by atoms with Crippen LogP contribution < -0.4 is 4.74 Å². The largest absolute Gasteiger partial charge is 0.479 e. The van der Waals surface area contributed by atoms with Crippen LogP contribution in [0.3, 0.4) is 0 Å². The zero-order chi connectivity index (χ0) is 17.0. The van der Waals surface area contributed by atoms with Crippen LogP contribution in [0.15, 0.2) is 48.5 Å². The van der Waals surface area contributed by atoms with Crippen molar-refractivity contribution in [3.8, 4) is 5.75 Å². The molecule has 0 aromatic heterocycles. The third-order valence-electron chi connectivity index (χ3n) is 3.06. The van der Waals surface area contributed by atoms with Crippen LogP contribution >= 0.6 is 0 Å². The van der Waals surface area contributed by atoms with Crippen LogP contribution in [0.2, 0.25) is 0 Å². The number of rotatable bonds is 5. The fraction of sp³-hybridized carbons (Fsp3) is 0.125. The van der Waals surface area contributed by atoms with Crippen molar-refractivity contribution in [2.45, 2.75) is 12.2 Å². The number of carboxylic acid groups (broad SMARTS) is 1. The quantitative estimate of drug-likeness (QED) is 0.571. The van der Waals surface area contributed by atoms with E-state index in [2.05, 4.69) is 0 Å². The molecule has 0 bridgehead atoms. The van der Waals surface area contributed by atoms with E-state index in [1.54, 1.807) is 18.2 Å². The van der Waals surface area contributed by atoms with Crippen molar-refractivity contribution in [3.05, 3.63) is 65.5 Å². The van der Waals surface area contributed by atoms with Gasteiger partial charge in [0.05, 0.1) is 0 Å². The molecule has 0 saturated carbocycles. The second-order valence-electron chi connectivity index (χ2n) is 4.66. The molecular weight excluding hydrogens is 307 g/mol. The van der Waals surface area contributed by atoms with E-state index in [4.69, 9.17) is 9.84 Å². The number of halogens is 1. The van der Waals surface area contributed by atoms with Crippen molar-refractivity contribution in [2.24, 2.45) is 0 Å². The summed E-state index contributed by atoms with van der Waals surface area (Å²) in [5.74, 6) is -3.88. The number of carboxylic acids is 1. The van der Waals surface area contributed by atoms with Gasteiger partial charge in [0.15, 0.2) is 12.2 Å². The van der Waals surface area contributed by atoms with Crippen LogP contribution in [0.25, 0.3) is 0 Å². The molecule has 0 aliphatic rings. The molecule has 2 aromatic rings. The van der Waals surface area contributed by atoms with Gasteiger partial charge < -0.3 is 20.1 Å². The number of hydrogen-bond donors (Lipinski definition) is 3. The minimum absolute atomic E-state index is 0.219. The number of benzene rings is 2. The summed E-state index contributed by atoms with van der Waals surface area (Å²) in [5.41, 5.74) is -0.142. The number of hydrogen-bond acceptors (Lipinski definition) is 5. The number of aliphatic carboxylic acids is 1. The first-order valence-electron chi connectivity index (χ1n) is 6.55. The minimum atomic E-state index is -2.02. The lowest BCUT2D eigenvalue weighted by Gasteiger charge is -2.12. The Morgan fingerprint density at radius 2 is 1.65 bits per heavy atom. The normalized spacial score (nSPS) is 13.2. The van der Waals surface area contributed by atoms with Gasteiger partial charge in [-0.1, -0.05) is 30.3 Å². The molecule has 2 atom stereocenters. The minimum Gasteiger partial charge on any atom is -0.479 e. The van der Waals surface area contributed by atoms with Gasteiger partial charge in [-0.3, -0.25) is 0 Å². The molecule has 0 fully saturated rings. The summed E-state index contributed by atoms with van der Waals surface area (Å²) in [4.78, 5) is 22.4. The number of carbonyl (C=O) groups excluding carboxylic acids is 1. The fourth-order valence-corrected chi connectivity index (χ4v) is 1.87. The van der Waals surface area contributed by atoms with Gasteiger partial charge in [0.1, 0.15) is 11.6 Å². The van der Waals surface area contributed by atoms with Crippen molar-refractivity contribution in [1.82, 2.24) is 0 Å². The van der Waals surface area contributed by atoms with Crippen LogP contribution in [-0.2, 0) is 9.59 Å². The van der Waals surface area contributed by atoms with E-state index in [9.17, 15) is 24.2 Å². The van der Waals surface area contributed by atoms with E-state index in [-0.39, 0.29) is 5.75 Å². The monoisotopic (exact) mass is 320 g/mol. The van der Waals surface area contributed by atoms with Crippen molar-refractivity contribution in [1.29, 1.82) is 0 Å². The molecule has 7 heteroatoms. The average Bonchev–Trinajstić information content (AvgIpc) is 2.54. The summed E-state index contributed by atoms with van der Waals surface area (Å²) in [5, 5.41) is 27.8. The Bertz CT molecular complexity index is 716. The molecule has 3 N–H and O–H groups in total. The third kappa shape index (κ3) is 3.91. The van der Waals surface area contributed by atoms with Crippen LogP contribution in [0, 0.1) is 5.82 Å². The molecule has 0 saturated heterocycles. The van der Waals surface area contributed by atoms with Crippen molar-refractivity contribution in [2.75, 3.05) is 0 Å². The average molecular weight is 320 g/mol. The van der Waals surface area contributed by atoms with E-state index in [0.29, 0.717) is 5.56 Å². The molecule has 23 heavy (non-hydrogen) atoms. The Morgan fingerprint density at radius 3 is 2.22 bits per heavy atom. The maximum absolute atomic E-state index is 13.8. The molecule has 2 aromatic carbocycles. The van der Waals surface area contributed by atoms with Gasteiger partial charge in [-0.15, -0.1) is 0 Å². The topological polar surface area (TPSA) is 104 Å². The van der Waals surface area contributed by atoms with Gasteiger partial charge in [-0.2, -0.15) is 0 Å². The van der Waals surface area contributed by atoms with Gasteiger partial charge in [-0.25, -0.2) is 14.0 Å². The van der Waals surface area contributed by atoms with E-state index in [1.165, 1.54) is 12.1 Å². The molecule has 0 amide bonds. The standard InChI is InChI=1S/C16H13FO6/c17-12-8-10(6-7-11(12)14(19)15(20)21)23-16(22)13(18)9-4-2-1-3-5-9/h1-8,13-14,18-19H,(H,20,21). The Hall–Kier alpha value is -2.77. The molecule has 120 valence electrons. The Kier molecular flexibility index (Phi) is 5.05. The smallest absolute Gasteiger partial charge is 0.345 e. The first kappa shape index (κ1) is 16.6. The highest BCUT2D eigenvalue weighted by molar-refractivity contribution is 5.78. The summed E-state index contributed by atoms with van der Waals surface area (Å²) in [6.07, 6.45) is -3.56. The highest BCUT2D eigenvalue weighted by Crippen LogP contribution is 2.24. The van der Waals surface area contributed by atoms with Gasteiger partial charge in [0, 0.05) is 11.6 Å². The second-order valence-corrected chi connectivity index (χ2v) is 4.66. The predicted octanol–water partition coefficient (Wildman–Crippen LogP) is 1.58. The van der Waals surface area contributed by atoms with Crippen molar-refractivity contribution in [3.63, 3.8) is 0 Å². The molecule has 0 aliphatic heterocycles. The molecule has 0 spiro atoms. The van der Waals surface area contributed by atoms with E-state index >= 15 is 0 Å². The summed E-state index contributed by atoms with van der Waals surface area (Å²) in [6.45, 7) is 0. The number of ether oxygens (including phenoxy) is 1. The summed E-state index contributed by atoms with van der Waals surface area (Å²) < 4.78 is 18.6. The predicted molar refractivity (Wildman–Crippen MR) is 76.0 cm³/mol. The van der Waals surface area contributed by atoms with Crippen LogP contribution in [0.5, 0.6) is 5.75 Å². The fourth-order valence-electron chi connectivity index (χ4n) is 1.87. The van der Waals surface area contributed by atoms with Crippen LogP contribution in [-0.4, -0.2) is 27.3 Å². The lowest BCUT2D eigenvalue weighted by Crippen LogP contribution is -2.18. The molecule has 2 unspecified atom stereocenters. The van der Waals surface area contributed by atoms with Crippen molar-refractivity contribution < 1.29 is 34.0 Å².